The molecule has 2 aliphatic rings. The number of morpholine rings is 1. The van der Waals surface area contributed by atoms with Crippen LogP contribution < -0.4 is 4.90 Å². The van der Waals surface area contributed by atoms with Crippen molar-refractivity contribution in [2.24, 2.45) is 5.92 Å². The van der Waals surface area contributed by atoms with Gasteiger partial charge in [-0.1, -0.05) is 0 Å². The Kier molecular flexibility index (Phi) is 4.88. The second-order valence-corrected chi connectivity index (χ2v) is 6.50. The summed E-state index contributed by atoms with van der Waals surface area (Å²) in [6, 6.07) is 2.29. The van der Waals surface area contributed by atoms with Gasteiger partial charge in [-0.05, 0) is 24.9 Å². The fraction of sp³-hybridized carbons (Fsp3) is 0.714. The van der Waals surface area contributed by atoms with Crippen LogP contribution in [0.5, 0.6) is 0 Å². The SMILES string of the molecule is C[C@H]1COCCN1c1cc(C(S)C2CCOC2)nc(Cl)n1. The van der Waals surface area contributed by atoms with Gasteiger partial charge in [-0.25, -0.2) is 9.97 Å². The molecule has 0 N–H and O–H groups in total. The van der Waals surface area contributed by atoms with Crippen molar-refractivity contribution in [3.8, 4) is 0 Å². The maximum Gasteiger partial charge on any atom is 0.224 e. The zero-order valence-corrected chi connectivity index (χ0v) is 13.7. The first kappa shape index (κ1) is 15.3. The molecule has 1 aromatic rings. The molecule has 3 atom stereocenters. The Balaban J connectivity index is 1.84. The van der Waals surface area contributed by atoms with Gasteiger partial charge in [0.05, 0.1) is 31.6 Å². The van der Waals surface area contributed by atoms with Crippen molar-refractivity contribution in [1.29, 1.82) is 0 Å². The number of ether oxygens (including phenoxy) is 2. The van der Waals surface area contributed by atoms with Crippen molar-refractivity contribution in [3.05, 3.63) is 17.0 Å². The number of halogens is 1. The van der Waals surface area contributed by atoms with Gasteiger partial charge >= 0.3 is 0 Å². The van der Waals surface area contributed by atoms with E-state index in [2.05, 4.69) is 21.8 Å². The molecule has 0 amide bonds. The van der Waals surface area contributed by atoms with Crippen LogP contribution in [0.1, 0.15) is 24.3 Å². The first-order valence-corrected chi connectivity index (χ1v) is 8.19. The molecule has 2 unspecified atom stereocenters. The molecule has 1 aromatic heterocycles. The topological polar surface area (TPSA) is 47.5 Å². The van der Waals surface area contributed by atoms with Gasteiger partial charge in [0.1, 0.15) is 5.82 Å². The van der Waals surface area contributed by atoms with Crippen LogP contribution in [-0.4, -0.2) is 49.0 Å². The van der Waals surface area contributed by atoms with Crippen LogP contribution >= 0.6 is 24.2 Å². The van der Waals surface area contributed by atoms with Crippen molar-refractivity contribution >= 4 is 30.0 Å². The van der Waals surface area contributed by atoms with Crippen LogP contribution in [0.2, 0.25) is 5.28 Å². The van der Waals surface area contributed by atoms with E-state index in [0.29, 0.717) is 19.1 Å². The first-order valence-electron chi connectivity index (χ1n) is 7.30. The van der Waals surface area contributed by atoms with Crippen LogP contribution in [-0.2, 0) is 9.47 Å². The van der Waals surface area contributed by atoms with E-state index >= 15 is 0 Å². The molecule has 0 bridgehead atoms. The Morgan fingerprint density at radius 3 is 2.86 bits per heavy atom. The van der Waals surface area contributed by atoms with Crippen LogP contribution in [0.4, 0.5) is 5.82 Å². The summed E-state index contributed by atoms with van der Waals surface area (Å²) in [6.07, 6.45) is 1.01. The fourth-order valence-electron chi connectivity index (χ4n) is 2.83. The van der Waals surface area contributed by atoms with Crippen molar-refractivity contribution < 1.29 is 9.47 Å². The molecule has 2 fully saturated rings. The number of aromatic nitrogens is 2. The van der Waals surface area contributed by atoms with Gasteiger partial charge in [0.25, 0.3) is 0 Å². The molecule has 5 nitrogen and oxygen atoms in total. The zero-order valence-electron chi connectivity index (χ0n) is 12.0. The molecule has 0 radical (unpaired) electrons. The molecule has 0 aromatic carbocycles. The molecule has 7 heteroatoms. The van der Waals surface area contributed by atoms with Crippen LogP contribution in [0.3, 0.4) is 0 Å². The zero-order chi connectivity index (χ0) is 14.8. The number of thiol groups is 1. The standard InChI is InChI=1S/C14H20ClN3O2S/c1-9-7-20-5-3-18(9)12-6-11(16-14(15)17-12)13(21)10-2-4-19-8-10/h6,9-10,13,21H,2-5,7-8H2,1H3/t9-,10?,13?/m0/s1. The Hall–Kier alpha value is -0.560. The maximum atomic E-state index is 6.12. The molecule has 21 heavy (non-hydrogen) atoms. The number of anilines is 1. The summed E-state index contributed by atoms with van der Waals surface area (Å²) < 4.78 is 10.9. The summed E-state index contributed by atoms with van der Waals surface area (Å²) >= 11 is 10.8. The third-order valence-electron chi connectivity index (χ3n) is 4.08. The van der Waals surface area contributed by atoms with E-state index in [-0.39, 0.29) is 16.6 Å². The second-order valence-electron chi connectivity index (χ2n) is 5.61. The van der Waals surface area contributed by atoms with E-state index in [1.807, 2.05) is 6.07 Å². The molecule has 3 heterocycles. The normalized spacial score (nSPS) is 27.9. The molecule has 2 saturated heterocycles. The van der Waals surface area contributed by atoms with E-state index in [1.54, 1.807) is 0 Å². The summed E-state index contributed by atoms with van der Waals surface area (Å²) in [5, 5.41) is 0.308. The summed E-state index contributed by atoms with van der Waals surface area (Å²) in [7, 11) is 0. The molecule has 116 valence electrons. The Labute approximate surface area is 135 Å². The second kappa shape index (κ2) is 6.69. The van der Waals surface area contributed by atoms with Crippen LogP contribution in [0, 0.1) is 5.92 Å². The van der Waals surface area contributed by atoms with E-state index in [4.69, 9.17) is 33.7 Å². The van der Waals surface area contributed by atoms with Gasteiger partial charge in [0.2, 0.25) is 5.28 Å². The summed E-state index contributed by atoms with van der Waals surface area (Å²) in [4.78, 5) is 11.0. The Bertz CT molecular complexity index is 499. The predicted molar refractivity (Wildman–Crippen MR) is 85.3 cm³/mol. The average Bonchev–Trinajstić information content (AvgIpc) is 3.00. The molecule has 2 aliphatic heterocycles. The van der Waals surface area contributed by atoms with E-state index in [0.717, 1.165) is 37.7 Å². The molecular weight excluding hydrogens is 310 g/mol. The van der Waals surface area contributed by atoms with Crippen molar-refractivity contribution in [2.75, 3.05) is 37.9 Å². The highest BCUT2D eigenvalue weighted by Gasteiger charge is 2.27. The van der Waals surface area contributed by atoms with Gasteiger partial charge in [-0.2, -0.15) is 12.6 Å². The highest BCUT2D eigenvalue weighted by atomic mass is 35.5. The van der Waals surface area contributed by atoms with E-state index in [9.17, 15) is 0 Å². The molecule has 0 aliphatic carbocycles. The van der Waals surface area contributed by atoms with Gasteiger partial charge in [0, 0.05) is 30.4 Å². The molecule has 0 spiro atoms. The van der Waals surface area contributed by atoms with Crippen molar-refractivity contribution in [1.82, 2.24) is 9.97 Å². The van der Waals surface area contributed by atoms with Crippen molar-refractivity contribution in [3.63, 3.8) is 0 Å². The van der Waals surface area contributed by atoms with Crippen molar-refractivity contribution in [2.45, 2.75) is 24.6 Å². The minimum Gasteiger partial charge on any atom is -0.381 e. The lowest BCUT2D eigenvalue weighted by molar-refractivity contribution is 0.0985. The third kappa shape index (κ3) is 3.44. The average molecular weight is 330 g/mol. The molecule has 3 rings (SSSR count). The van der Waals surface area contributed by atoms with Gasteiger partial charge in [-0.3, -0.25) is 0 Å². The van der Waals surface area contributed by atoms with Gasteiger partial charge < -0.3 is 14.4 Å². The lowest BCUT2D eigenvalue weighted by Gasteiger charge is -2.34. The summed E-state index contributed by atoms with van der Waals surface area (Å²) in [6.45, 7) is 5.89. The lowest BCUT2D eigenvalue weighted by Crippen LogP contribution is -2.44. The quantitative estimate of drug-likeness (QED) is 0.681. The summed E-state index contributed by atoms with van der Waals surface area (Å²) in [5.74, 6) is 1.24. The van der Waals surface area contributed by atoms with Crippen LogP contribution in [0.25, 0.3) is 0 Å². The number of hydrogen-bond donors (Lipinski definition) is 1. The molecular formula is C14H20ClN3O2S. The van der Waals surface area contributed by atoms with Gasteiger partial charge in [0.15, 0.2) is 0 Å². The smallest absolute Gasteiger partial charge is 0.224 e. The lowest BCUT2D eigenvalue weighted by atomic mass is 10.0. The highest BCUT2D eigenvalue weighted by Crippen LogP contribution is 2.34. The monoisotopic (exact) mass is 329 g/mol. The molecule has 0 saturated carbocycles. The fourth-order valence-corrected chi connectivity index (χ4v) is 3.38. The Morgan fingerprint density at radius 1 is 1.33 bits per heavy atom. The minimum atomic E-state index is 0.0306. The third-order valence-corrected chi connectivity index (χ3v) is 4.94. The predicted octanol–water partition coefficient (Wildman–Crippen LogP) is 2.36. The van der Waals surface area contributed by atoms with E-state index < -0.39 is 0 Å². The van der Waals surface area contributed by atoms with Gasteiger partial charge in [-0.15, -0.1) is 0 Å². The van der Waals surface area contributed by atoms with E-state index in [1.165, 1.54) is 0 Å². The number of nitrogens with zero attached hydrogens (tertiary/aromatic N) is 3. The largest absolute Gasteiger partial charge is 0.381 e. The Morgan fingerprint density at radius 2 is 2.14 bits per heavy atom. The minimum absolute atomic E-state index is 0.0306. The number of rotatable bonds is 3. The maximum absolute atomic E-state index is 6.12. The first-order chi connectivity index (χ1) is 10.1. The highest BCUT2D eigenvalue weighted by molar-refractivity contribution is 7.80. The number of hydrogen-bond acceptors (Lipinski definition) is 6. The summed E-state index contributed by atoms with van der Waals surface area (Å²) in [5.41, 5.74) is 0.877. The van der Waals surface area contributed by atoms with Crippen LogP contribution in [0.15, 0.2) is 6.07 Å².